The summed E-state index contributed by atoms with van der Waals surface area (Å²) in [6.07, 6.45) is 2.54. The molecule has 138 valence electrons. The molecule has 0 unspecified atom stereocenters. The lowest BCUT2D eigenvalue weighted by molar-refractivity contribution is -0.129. The molecule has 0 radical (unpaired) electrons. The van der Waals surface area contributed by atoms with E-state index in [4.69, 9.17) is 0 Å². The summed E-state index contributed by atoms with van der Waals surface area (Å²) >= 11 is 1.49. The molecule has 0 spiro atoms. The van der Waals surface area contributed by atoms with Gasteiger partial charge in [0, 0.05) is 12.3 Å². The van der Waals surface area contributed by atoms with Crippen LogP contribution < -0.4 is 10.6 Å². The maximum atomic E-state index is 12.3. The van der Waals surface area contributed by atoms with Crippen LogP contribution in [0.1, 0.15) is 25.2 Å². The first-order valence-corrected chi connectivity index (χ1v) is 9.57. The number of benzene rings is 1. The third-order valence-corrected chi connectivity index (χ3v) is 5.79. The molecule has 0 aliphatic carbocycles. The fraction of sp³-hybridized carbons (Fsp3) is 0.444. The Labute approximate surface area is 157 Å². The van der Waals surface area contributed by atoms with Crippen molar-refractivity contribution in [1.29, 1.82) is 0 Å². The van der Waals surface area contributed by atoms with Crippen LogP contribution in [-0.2, 0) is 29.1 Å². The largest absolute Gasteiger partial charge is 0.347 e. The van der Waals surface area contributed by atoms with E-state index in [1.807, 2.05) is 36.6 Å². The molecular weight excluding hydrogens is 350 g/mol. The molecule has 0 bridgehead atoms. The average Bonchev–Trinajstić information content (AvgIpc) is 3.08. The molecule has 1 saturated heterocycles. The molecule has 0 saturated carbocycles. The van der Waals surface area contributed by atoms with Gasteiger partial charge in [0.2, 0.25) is 11.8 Å². The molecule has 1 fully saturated rings. The Morgan fingerprint density at radius 1 is 1.38 bits per heavy atom. The van der Waals surface area contributed by atoms with Gasteiger partial charge in [-0.15, -0.1) is 22.0 Å². The number of hydrogen-bond donors (Lipinski definition) is 2. The molecule has 1 aliphatic rings. The van der Waals surface area contributed by atoms with E-state index in [0.717, 1.165) is 13.0 Å². The topological polar surface area (TPSA) is 88.9 Å². The lowest BCUT2D eigenvalue weighted by Crippen LogP contribution is -2.57. The smallest absolute Gasteiger partial charge is 0.243 e. The Morgan fingerprint density at radius 3 is 2.88 bits per heavy atom. The number of hydrogen-bond acceptors (Lipinski definition) is 5. The van der Waals surface area contributed by atoms with Crippen LogP contribution in [0, 0.1) is 0 Å². The molecule has 2 amide bonds. The first kappa shape index (κ1) is 18.4. The third kappa shape index (κ3) is 4.43. The predicted octanol–water partition coefficient (Wildman–Crippen LogP) is 1.15. The van der Waals surface area contributed by atoms with Crippen molar-refractivity contribution in [2.24, 2.45) is 0 Å². The molecular formula is C18H23N5O2S. The molecule has 1 aromatic carbocycles. The van der Waals surface area contributed by atoms with E-state index < -0.39 is 10.8 Å². The highest BCUT2D eigenvalue weighted by Crippen LogP contribution is 2.28. The number of aromatic nitrogens is 3. The van der Waals surface area contributed by atoms with Gasteiger partial charge in [0.05, 0.1) is 11.3 Å². The number of aryl methyl sites for hydroxylation is 2. The summed E-state index contributed by atoms with van der Waals surface area (Å²) in [4.78, 5) is 24.3. The Bertz CT molecular complexity index is 775. The second-order valence-electron chi connectivity index (χ2n) is 6.74. The van der Waals surface area contributed by atoms with E-state index in [9.17, 15) is 9.59 Å². The third-order valence-electron chi connectivity index (χ3n) is 4.38. The maximum Gasteiger partial charge on any atom is 0.243 e. The maximum absolute atomic E-state index is 12.3. The Balaban J connectivity index is 1.52. The number of amides is 2. The van der Waals surface area contributed by atoms with Crippen LogP contribution in [0.25, 0.3) is 0 Å². The Morgan fingerprint density at radius 2 is 2.15 bits per heavy atom. The van der Waals surface area contributed by atoms with Crippen molar-refractivity contribution in [3.05, 3.63) is 48.0 Å². The zero-order chi connectivity index (χ0) is 18.6. The van der Waals surface area contributed by atoms with Gasteiger partial charge < -0.3 is 15.2 Å². The van der Waals surface area contributed by atoms with Crippen molar-refractivity contribution < 1.29 is 9.59 Å². The average molecular weight is 373 g/mol. The first-order valence-electron chi connectivity index (χ1n) is 8.59. The van der Waals surface area contributed by atoms with Gasteiger partial charge in [-0.2, -0.15) is 0 Å². The van der Waals surface area contributed by atoms with Crippen molar-refractivity contribution in [3.8, 4) is 0 Å². The first-order chi connectivity index (χ1) is 12.5. The van der Waals surface area contributed by atoms with Crippen LogP contribution in [0.4, 0.5) is 0 Å². The van der Waals surface area contributed by atoms with Crippen LogP contribution in [-0.4, -0.2) is 43.1 Å². The van der Waals surface area contributed by atoms with Gasteiger partial charge in [-0.25, -0.2) is 0 Å². The predicted molar refractivity (Wildman–Crippen MR) is 100 cm³/mol. The van der Waals surface area contributed by atoms with Gasteiger partial charge in [-0.3, -0.25) is 9.59 Å². The van der Waals surface area contributed by atoms with E-state index in [2.05, 4.69) is 33.0 Å². The summed E-state index contributed by atoms with van der Waals surface area (Å²) in [6, 6.07) is 9.67. The summed E-state index contributed by atoms with van der Waals surface area (Å²) in [5, 5.41) is 13.7. The minimum absolute atomic E-state index is 0.111. The van der Waals surface area contributed by atoms with Gasteiger partial charge in [0.1, 0.15) is 12.4 Å². The van der Waals surface area contributed by atoms with Crippen LogP contribution in [0.3, 0.4) is 0 Å². The lowest BCUT2D eigenvalue weighted by Gasteiger charge is -2.32. The Hall–Kier alpha value is -2.35. The number of thioether (sulfide) groups is 1. The minimum atomic E-state index is -0.513. The van der Waals surface area contributed by atoms with Crippen molar-refractivity contribution in [3.63, 3.8) is 0 Å². The van der Waals surface area contributed by atoms with Crippen molar-refractivity contribution >= 4 is 23.6 Å². The van der Waals surface area contributed by atoms with Crippen LogP contribution in [0.15, 0.2) is 36.7 Å². The summed E-state index contributed by atoms with van der Waals surface area (Å²) in [5.74, 6) is 0.953. The molecule has 1 aromatic heterocycles. The zero-order valence-corrected chi connectivity index (χ0v) is 15.8. The molecule has 2 N–H and O–H groups in total. The van der Waals surface area contributed by atoms with E-state index >= 15 is 0 Å². The summed E-state index contributed by atoms with van der Waals surface area (Å²) in [5.41, 5.74) is 1.24. The Kier molecular flexibility index (Phi) is 5.61. The molecule has 26 heavy (non-hydrogen) atoms. The van der Waals surface area contributed by atoms with Crippen molar-refractivity contribution in [2.75, 3.05) is 5.75 Å². The second kappa shape index (κ2) is 7.90. The normalized spacial score (nSPS) is 19.0. The number of carbonyl (C=O) groups is 2. The van der Waals surface area contributed by atoms with Gasteiger partial charge in [0.15, 0.2) is 5.82 Å². The SMILES string of the molecule is CC1(C)SC[C@@H](C(=O)NCc2nncn2CCc2ccccc2)NC1=O. The highest BCUT2D eigenvalue weighted by atomic mass is 32.2. The molecule has 2 aromatic rings. The van der Waals surface area contributed by atoms with Gasteiger partial charge in [-0.1, -0.05) is 30.3 Å². The van der Waals surface area contributed by atoms with E-state index in [0.29, 0.717) is 11.6 Å². The summed E-state index contributed by atoms with van der Waals surface area (Å²) in [7, 11) is 0. The minimum Gasteiger partial charge on any atom is -0.347 e. The molecule has 7 nitrogen and oxygen atoms in total. The molecule has 1 atom stereocenters. The molecule has 2 heterocycles. The molecule has 1 aliphatic heterocycles. The fourth-order valence-electron chi connectivity index (χ4n) is 2.66. The number of nitrogens with zero attached hydrogens (tertiary/aromatic N) is 3. The second-order valence-corrected chi connectivity index (χ2v) is 8.38. The molecule has 3 rings (SSSR count). The summed E-state index contributed by atoms with van der Waals surface area (Å²) < 4.78 is 1.44. The zero-order valence-electron chi connectivity index (χ0n) is 14.9. The summed E-state index contributed by atoms with van der Waals surface area (Å²) in [6.45, 7) is 4.74. The number of carbonyl (C=O) groups excluding carboxylic acids is 2. The monoisotopic (exact) mass is 373 g/mol. The highest BCUT2D eigenvalue weighted by Gasteiger charge is 2.37. The van der Waals surface area contributed by atoms with Gasteiger partial charge in [0.25, 0.3) is 0 Å². The standard InChI is InChI=1S/C18H23N5O2S/c1-18(2)17(25)21-14(11-26-18)16(24)19-10-15-22-20-12-23(15)9-8-13-6-4-3-5-7-13/h3-7,12,14H,8-11H2,1-2H3,(H,19,24)(H,21,25)/t14-/m0/s1. The van der Waals surface area contributed by atoms with Crippen molar-refractivity contribution in [1.82, 2.24) is 25.4 Å². The van der Waals surface area contributed by atoms with E-state index in [1.54, 1.807) is 6.33 Å². The number of rotatable bonds is 6. The van der Waals surface area contributed by atoms with Gasteiger partial charge in [-0.05, 0) is 25.8 Å². The lowest BCUT2D eigenvalue weighted by atomic mass is 10.1. The van der Waals surface area contributed by atoms with Crippen LogP contribution in [0.2, 0.25) is 0 Å². The fourth-order valence-corrected chi connectivity index (χ4v) is 3.67. The van der Waals surface area contributed by atoms with E-state index in [-0.39, 0.29) is 18.4 Å². The van der Waals surface area contributed by atoms with E-state index in [1.165, 1.54) is 17.3 Å². The van der Waals surface area contributed by atoms with Crippen LogP contribution >= 0.6 is 11.8 Å². The quantitative estimate of drug-likeness (QED) is 0.793. The van der Waals surface area contributed by atoms with Gasteiger partial charge >= 0.3 is 0 Å². The highest BCUT2D eigenvalue weighted by molar-refractivity contribution is 8.01. The number of nitrogens with one attached hydrogen (secondary N) is 2. The molecule has 8 heteroatoms. The van der Waals surface area contributed by atoms with Crippen molar-refractivity contribution in [2.45, 2.75) is 44.1 Å². The van der Waals surface area contributed by atoms with Crippen LogP contribution in [0.5, 0.6) is 0 Å².